The van der Waals surface area contributed by atoms with Crippen LogP contribution in [-0.4, -0.2) is 24.3 Å². The molecule has 2 aromatic carbocycles. The number of hydrogen-bond acceptors (Lipinski definition) is 7. The van der Waals surface area contributed by atoms with Crippen molar-refractivity contribution in [3.8, 4) is 5.75 Å². The van der Waals surface area contributed by atoms with Crippen molar-refractivity contribution in [2.24, 2.45) is 4.99 Å². The summed E-state index contributed by atoms with van der Waals surface area (Å²) in [6.45, 7) is 3.75. The van der Waals surface area contributed by atoms with Gasteiger partial charge in [-0.1, -0.05) is 41.7 Å². The topological polar surface area (TPSA) is 81.9 Å². The highest BCUT2D eigenvalue weighted by molar-refractivity contribution is 7.07. The van der Waals surface area contributed by atoms with Crippen molar-refractivity contribution < 1.29 is 14.3 Å². The Hall–Kier alpha value is -3.65. The van der Waals surface area contributed by atoms with Crippen LogP contribution in [0, 0.1) is 0 Å². The van der Waals surface area contributed by atoms with Crippen LogP contribution >= 0.6 is 11.3 Å². The molecule has 0 saturated heterocycles. The second-order valence-electron chi connectivity index (χ2n) is 7.09. The molecule has 0 amide bonds. The van der Waals surface area contributed by atoms with Gasteiger partial charge >= 0.3 is 5.97 Å². The largest absolute Gasteiger partial charge is 0.497 e. The number of para-hydroxylation sites is 1. The molecular weight excluding hydrogens is 426 g/mol. The number of esters is 1. The summed E-state index contributed by atoms with van der Waals surface area (Å²) in [5.74, 6) is 0.206. The van der Waals surface area contributed by atoms with Crippen molar-refractivity contribution in [3.05, 3.63) is 91.1 Å². The van der Waals surface area contributed by atoms with Gasteiger partial charge in [-0.25, -0.2) is 9.79 Å². The zero-order valence-corrected chi connectivity index (χ0v) is 18.8. The average molecular weight is 450 g/mol. The molecule has 164 valence electrons. The van der Waals surface area contributed by atoms with Gasteiger partial charge in [0, 0.05) is 11.9 Å². The third-order valence-corrected chi connectivity index (χ3v) is 6.08. The second kappa shape index (κ2) is 9.23. The molecule has 1 atom stereocenters. The van der Waals surface area contributed by atoms with E-state index < -0.39 is 12.0 Å². The van der Waals surface area contributed by atoms with Crippen molar-refractivity contribution in [1.29, 1.82) is 0 Å². The Morgan fingerprint density at radius 3 is 2.56 bits per heavy atom. The first-order valence-corrected chi connectivity index (χ1v) is 11.0. The van der Waals surface area contributed by atoms with E-state index in [0.717, 1.165) is 11.3 Å². The summed E-state index contributed by atoms with van der Waals surface area (Å²) < 4.78 is 12.6. The van der Waals surface area contributed by atoms with E-state index in [1.165, 1.54) is 11.3 Å². The molecule has 0 saturated carbocycles. The number of allylic oxidation sites excluding steroid dienone is 1. The molecular formula is C24H23N3O4S. The normalized spacial score (nSPS) is 15.7. The molecule has 0 unspecified atom stereocenters. The Labute approximate surface area is 189 Å². The second-order valence-corrected chi connectivity index (χ2v) is 8.09. The number of methoxy groups -OCH3 is 1. The molecule has 2 heterocycles. The van der Waals surface area contributed by atoms with E-state index in [1.54, 1.807) is 43.9 Å². The molecule has 1 N–H and O–H groups in total. The lowest BCUT2D eigenvalue weighted by atomic mass is 9.96. The van der Waals surface area contributed by atoms with Crippen LogP contribution in [0.25, 0.3) is 6.20 Å². The zero-order chi connectivity index (χ0) is 22.7. The molecule has 4 rings (SSSR count). The quantitative estimate of drug-likeness (QED) is 0.586. The van der Waals surface area contributed by atoms with Crippen LogP contribution in [0.4, 0.5) is 5.69 Å². The Bertz CT molecular complexity index is 1340. The van der Waals surface area contributed by atoms with Crippen molar-refractivity contribution >= 4 is 29.2 Å². The smallest absolute Gasteiger partial charge is 0.338 e. The third kappa shape index (κ3) is 4.09. The zero-order valence-electron chi connectivity index (χ0n) is 18.0. The molecule has 0 bridgehead atoms. The number of aromatic nitrogens is 1. The van der Waals surface area contributed by atoms with E-state index in [9.17, 15) is 9.59 Å². The molecule has 1 aliphatic heterocycles. The number of nitrogens with one attached hydrogen (secondary N) is 1. The summed E-state index contributed by atoms with van der Waals surface area (Å²) in [5.41, 5.74) is 2.30. The molecule has 32 heavy (non-hydrogen) atoms. The van der Waals surface area contributed by atoms with Gasteiger partial charge in [0.25, 0.3) is 5.56 Å². The van der Waals surface area contributed by atoms with Crippen LogP contribution in [0.15, 0.2) is 75.7 Å². The van der Waals surface area contributed by atoms with Crippen molar-refractivity contribution in [3.63, 3.8) is 0 Å². The fourth-order valence-corrected chi connectivity index (χ4v) is 4.55. The number of benzene rings is 2. The van der Waals surface area contributed by atoms with Gasteiger partial charge in [-0.3, -0.25) is 9.36 Å². The average Bonchev–Trinajstić information content (AvgIpc) is 3.12. The van der Waals surface area contributed by atoms with Crippen LogP contribution in [0.2, 0.25) is 0 Å². The highest BCUT2D eigenvalue weighted by atomic mass is 32.1. The lowest BCUT2D eigenvalue weighted by Gasteiger charge is -2.24. The predicted octanol–water partition coefficient (Wildman–Crippen LogP) is 2.83. The molecule has 1 aromatic heterocycles. The van der Waals surface area contributed by atoms with E-state index in [2.05, 4.69) is 10.3 Å². The molecule has 3 aromatic rings. The Morgan fingerprint density at radius 1 is 1.19 bits per heavy atom. The van der Waals surface area contributed by atoms with Crippen LogP contribution < -0.4 is 24.9 Å². The SMILES string of the molecule is CCOC(=O)C1=C(C)N=c2s/c(=C\Nc3ccccc3)c(=O)n2[C@@H]1c1ccc(OC)cc1. The van der Waals surface area contributed by atoms with Gasteiger partial charge in [0.2, 0.25) is 0 Å². The molecule has 0 spiro atoms. The summed E-state index contributed by atoms with van der Waals surface area (Å²) in [6, 6.07) is 16.2. The number of carbonyl (C=O) groups excluding carboxylic acids is 1. The third-order valence-electron chi connectivity index (χ3n) is 5.09. The first-order valence-electron chi connectivity index (χ1n) is 10.2. The summed E-state index contributed by atoms with van der Waals surface area (Å²) in [7, 11) is 1.59. The highest BCUT2D eigenvalue weighted by Gasteiger charge is 2.33. The Kier molecular flexibility index (Phi) is 6.23. The van der Waals surface area contributed by atoms with Crippen molar-refractivity contribution in [2.45, 2.75) is 19.9 Å². The Balaban J connectivity index is 1.86. The standard InChI is InChI=1S/C24H23N3O4S/c1-4-31-23(29)20-15(2)26-24-27(21(20)16-10-12-18(30-3)13-11-16)22(28)19(32-24)14-25-17-8-6-5-7-9-17/h5-14,21,25H,4H2,1-3H3/b19-14-/t21-/m1/s1. The fraction of sp³-hybridized carbons (Fsp3) is 0.208. The van der Waals surface area contributed by atoms with Crippen molar-refractivity contribution in [2.75, 3.05) is 19.0 Å². The summed E-state index contributed by atoms with van der Waals surface area (Å²) in [5, 5.41) is 3.15. The molecule has 1 aliphatic rings. The van der Waals surface area contributed by atoms with Gasteiger partial charge in [-0.2, -0.15) is 0 Å². The van der Waals surface area contributed by atoms with Crippen LogP contribution in [-0.2, 0) is 9.53 Å². The number of thiazole rings is 1. The van der Waals surface area contributed by atoms with Gasteiger partial charge in [0.15, 0.2) is 4.80 Å². The molecule has 0 radical (unpaired) electrons. The predicted molar refractivity (Wildman–Crippen MR) is 124 cm³/mol. The van der Waals surface area contributed by atoms with E-state index in [4.69, 9.17) is 9.47 Å². The molecule has 7 nitrogen and oxygen atoms in total. The number of rotatable bonds is 6. The number of ether oxygens (including phenoxy) is 2. The number of carbonyl (C=O) groups is 1. The maximum atomic E-state index is 13.4. The van der Waals surface area contributed by atoms with Gasteiger partial charge in [-0.05, 0) is 43.7 Å². The molecule has 0 fully saturated rings. The lowest BCUT2D eigenvalue weighted by molar-refractivity contribution is -0.139. The maximum Gasteiger partial charge on any atom is 0.338 e. The van der Waals surface area contributed by atoms with E-state index in [1.807, 2.05) is 42.5 Å². The first-order chi connectivity index (χ1) is 15.5. The van der Waals surface area contributed by atoms with Crippen LogP contribution in [0.1, 0.15) is 25.5 Å². The Morgan fingerprint density at radius 2 is 1.91 bits per heavy atom. The minimum Gasteiger partial charge on any atom is -0.497 e. The van der Waals surface area contributed by atoms with E-state index >= 15 is 0 Å². The maximum absolute atomic E-state index is 13.4. The van der Waals surface area contributed by atoms with Crippen LogP contribution in [0.5, 0.6) is 5.75 Å². The highest BCUT2D eigenvalue weighted by Crippen LogP contribution is 2.31. The monoisotopic (exact) mass is 449 g/mol. The number of anilines is 1. The lowest BCUT2D eigenvalue weighted by Crippen LogP contribution is -2.40. The summed E-state index contributed by atoms with van der Waals surface area (Å²) in [4.78, 5) is 31.4. The van der Waals surface area contributed by atoms with Gasteiger partial charge in [-0.15, -0.1) is 0 Å². The minimum atomic E-state index is -0.643. The summed E-state index contributed by atoms with van der Waals surface area (Å²) >= 11 is 1.27. The van der Waals surface area contributed by atoms with Crippen molar-refractivity contribution in [1.82, 2.24) is 4.57 Å². The molecule has 8 heteroatoms. The van der Waals surface area contributed by atoms with Crippen LogP contribution in [0.3, 0.4) is 0 Å². The number of hydrogen-bond donors (Lipinski definition) is 1. The van der Waals surface area contributed by atoms with Gasteiger partial charge < -0.3 is 14.8 Å². The minimum absolute atomic E-state index is 0.229. The number of fused-ring (bicyclic) bond motifs is 1. The summed E-state index contributed by atoms with van der Waals surface area (Å²) in [6.07, 6.45) is 1.67. The van der Waals surface area contributed by atoms with E-state index in [0.29, 0.717) is 26.4 Å². The first kappa shape index (κ1) is 21.6. The van der Waals surface area contributed by atoms with Gasteiger partial charge in [0.1, 0.15) is 10.3 Å². The fourth-order valence-electron chi connectivity index (χ4n) is 3.58. The van der Waals surface area contributed by atoms with Gasteiger partial charge in [0.05, 0.1) is 31.0 Å². The number of nitrogens with zero attached hydrogens (tertiary/aromatic N) is 2. The molecule has 0 aliphatic carbocycles. The van der Waals surface area contributed by atoms with E-state index in [-0.39, 0.29) is 12.2 Å².